The molecule has 0 spiro atoms. The minimum absolute atomic E-state index is 0.734. The molecule has 2 aromatic rings. The lowest BCUT2D eigenvalue weighted by molar-refractivity contribution is 0.437. The third kappa shape index (κ3) is 4.08. The highest BCUT2D eigenvalue weighted by molar-refractivity contribution is 7.99. The molecule has 0 fully saturated rings. The summed E-state index contributed by atoms with van der Waals surface area (Å²) >= 11 is 1.79. The fourth-order valence-corrected chi connectivity index (χ4v) is 2.93. The van der Waals surface area contributed by atoms with E-state index in [0.717, 1.165) is 47.1 Å². The van der Waals surface area contributed by atoms with Gasteiger partial charge in [-0.2, -0.15) is 0 Å². The Labute approximate surface area is 125 Å². The molecule has 0 saturated heterocycles. The zero-order chi connectivity index (χ0) is 14.4. The molecule has 0 aliphatic carbocycles. The number of hydrogen-bond donors (Lipinski definition) is 1. The average Bonchev–Trinajstić information content (AvgIpc) is 2.44. The summed E-state index contributed by atoms with van der Waals surface area (Å²) < 4.78 is 0. The highest BCUT2D eigenvalue weighted by Gasteiger charge is 2.07. The molecule has 1 aromatic carbocycles. The first kappa shape index (κ1) is 15.1. The number of anilines is 1. The first-order chi connectivity index (χ1) is 9.70. The summed E-state index contributed by atoms with van der Waals surface area (Å²) in [5, 5.41) is 5.48. The van der Waals surface area contributed by atoms with Crippen LogP contribution >= 0.6 is 11.8 Å². The smallest absolute Gasteiger partial charge is 0.224 e. The summed E-state index contributed by atoms with van der Waals surface area (Å²) in [6, 6.07) is 8.20. The van der Waals surface area contributed by atoms with Gasteiger partial charge in [-0.15, -0.1) is 11.8 Å². The molecule has 0 unspecified atom stereocenters. The largest absolute Gasteiger partial charge is 0.354 e. The second kappa shape index (κ2) is 7.45. The van der Waals surface area contributed by atoms with Gasteiger partial charge in [0.15, 0.2) is 0 Å². The molecule has 0 bridgehead atoms. The minimum Gasteiger partial charge on any atom is -0.354 e. The molecule has 0 aliphatic heterocycles. The van der Waals surface area contributed by atoms with E-state index in [1.165, 1.54) is 0 Å². The van der Waals surface area contributed by atoms with Gasteiger partial charge in [0, 0.05) is 24.2 Å². The predicted molar refractivity (Wildman–Crippen MR) is 87.6 cm³/mol. The van der Waals surface area contributed by atoms with Crippen molar-refractivity contribution in [2.45, 2.75) is 18.4 Å². The number of rotatable bonds is 7. The van der Waals surface area contributed by atoms with E-state index in [2.05, 4.69) is 47.3 Å². The van der Waals surface area contributed by atoms with Crippen LogP contribution in [0.5, 0.6) is 0 Å². The van der Waals surface area contributed by atoms with Gasteiger partial charge in [-0.05, 0) is 26.6 Å². The molecule has 0 radical (unpaired) electrons. The predicted octanol–water partition coefficient (Wildman–Crippen LogP) is 3.11. The van der Waals surface area contributed by atoms with E-state index in [1.54, 1.807) is 11.8 Å². The normalized spacial score (nSPS) is 11.2. The molecule has 0 aliphatic rings. The van der Waals surface area contributed by atoms with Crippen molar-refractivity contribution in [3.63, 3.8) is 0 Å². The van der Waals surface area contributed by atoms with E-state index < -0.39 is 0 Å². The molecular formula is C15H22N4S. The van der Waals surface area contributed by atoms with Gasteiger partial charge in [-0.3, -0.25) is 0 Å². The fraction of sp³-hybridized carbons (Fsp3) is 0.467. The average molecular weight is 290 g/mol. The molecule has 1 N–H and O–H groups in total. The Hall–Kier alpha value is -1.33. The summed E-state index contributed by atoms with van der Waals surface area (Å²) in [4.78, 5) is 11.4. The Bertz CT molecular complexity index is 557. The Morgan fingerprint density at radius 2 is 2.00 bits per heavy atom. The van der Waals surface area contributed by atoms with Crippen LogP contribution in [0.4, 0.5) is 5.95 Å². The van der Waals surface area contributed by atoms with Crippen molar-refractivity contribution in [3.05, 3.63) is 24.3 Å². The zero-order valence-electron chi connectivity index (χ0n) is 12.4. The van der Waals surface area contributed by atoms with Crippen molar-refractivity contribution in [1.82, 2.24) is 14.9 Å². The molecule has 1 heterocycles. The van der Waals surface area contributed by atoms with Crippen molar-refractivity contribution < 1.29 is 0 Å². The summed E-state index contributed by atoms with van der Waals surface area (Å²) in [6.07, 6.45) is 1.07. The lowest BCUT2D eigenvalue weighted by atomic mass is 10.2. The van der Waals surface area contributed by atoms with Crippen molar-refractivity contribution in [3.8, 4) is 0 Å². The van der Waals surface area contributed by atoms with Gasteiger partial charge in [-0.1, -0.05) is 25.1 Å². The maximum absolute atomic E-state index is 4.66. The van der Waals surface area contributed by atoms with Gasteiger partial charge in [0.2, 0.25) is 5.95 Å². The Morgan fingerprint density at radius 1 is 1.20 bits per heavy atom. The third-order valence-corrected chi connectivity index (χ3v) is 3.85. The van der Waals surface area contributed by atoms with Crippen LogP contribution in [0.15, 0.2) is 29.3 Å². The number of thioether (sulfide) groups is 1. The maximum Gasteiger partial charge on any atom is 0.224 e. The van der Waals surface area contributed by atoms with E-state index in [-0.39, 0.29) is 0 Å². The second-order valence-corrected chi connectivity index (χ2v) is 6.03. The summed E-state index contributed by atoms with van der Waals surface area (Å²) in [7, 11) is 4.18. The van der Waals surface area contributed by atoms with Crippen LogP contribution in [0.25, 0.3) is 10.9 Å². The first-order valence-electron chi connectivity index (χ1n) is 6.99. The van der Waals surface area contributed by atoms with Gasteiger partial charge in [0.25, 0.3) is 0 Å². The SMILES string of the molecule is CCCNc1nc(SCCN(C)C)c2ccccc2n1. The molecule has 20 heavy (non-hydrogen) atoms. The number of hydrogen-bond acceptors (Lipinski definition) is 5. The molecule has 108 valence electrons. The summed E-state index contributed by atoms with van der Waals surface area (Å²) in [5.74, 6) is 1.76. The van der Waals surface area contributed by atoms with Crippen LogP contribution in [-0.4, -0.2) is 47.8 Å². The molecule has 0 atom stereocenters. The summed E-state index contributed by atoms with van der Waals surface area (Å²) in [6.45, 7) is 4.08. The van der Waals surface area contributed by atoms with Crippen LogP contribution in [0.1, 0.15) is 13.3 Å². The van der Waals surface area contributed by atoms with Gasteiger partial charge < -0.3 is 10.2 Å². The van der Waals surface area contributed by atoms with Gasteiger partial charge in [0.1, 0.15) is 5.03 Å². The highest BCUT2D eigenvalue weighted by atomic mass is 32.2. The number of para-hydroxylation sites is 1. The molecule has 0 saturated carbocycles. The first-order valence-corrected chi connectivity index (χ1v) is 7.97. The molecule has 4 nitrogen and oxygen atoms in total. The molecule has 0 amide bonds. The molecule has 1 aromatic heterocycles. The van der Waals surface area contributed by atoms with Crippen molar-refractivity contribution in [2.75, 3.05) is 38.3 Å². The third-order valence-electron chi connectivity index (χ3n) is 2.88. The van der Waals surface area contributed by atoms with Crippen LogP contribution in [0.2, 0.25) is 0 Å². The number of nitrogens with zero attached hydrogens (tertiary/aromatic N) is 3. The van der Waals surface area contributed by atoms with E-state index >= 15 is 0 Å². The Kier molecular flexibility index (Phi) is 5.61. The maximum atomic E-state index is 4.66. The number of fused-ring (bicyclic) bond motifs is 1. The number of benzene rings is 1. The zero-order valence-corrected chi connectivity index (χ0v) is 13.2. The topological polar surface area (TPSA) is 41.1 Å². The quantitative estimate of drug-likeness (QED) is 0.627. The number of aromatic nitrogens is 2. The minimum atomic E-state index is 0.734. The van der Waals surface area contributed by atoms with E-state index in [9.17, 15) is 0 Å². The van der Waals surface area contributed by atoms with Crippen LogP contribution in [0.3, 0.4) is 0 Å². The molecular weight excluding hydrogens is 268 g/mol. The van der Waals surface area contributed by atoms with Crippen LogP contribution < -0.4 is 5.32 Å². The lowest BCUT2D eigenvalue weighted by Crippen LogP contribution is -2.15. The standard InChI is InChI=1S/C15H22N4S/c1-4-9-16-15-17-13-8-6-5-7-12(13)14(18-15)20-11-10-19(2)3/h5-8H,4,9-11H2,1-3H3,(H,16,17,18). The van der Waals surface area contributed by atoms with Gasteiger partial charge >= 0.3 is 0 Å². The number of nitrogens with one attached hydrogen (secondary N) is 1. The Balaban J connectivity index is 2.24. The second-order valence-electron chi connectivity index (χ2n) is 4.95. The van der Waals surface area contributed by atoms with Gasteiger partial charge in [-0.25, -0.2) is 9.97 Å². The van der Waals surface area contributed by atoms with E-state index in [4.69, 9.17) is 0 Å². The van der Waals surface area contributed by atoms with Crippen molar-refractivity contribution in [1.29, 1.82) is 0 Å². The Morgan fingerprint density at radius 3 is 2.75 bits per heavy atom. The van der Waals surface area contributed by atoms with Crippen LogP contribution in [0, 0.1) is 0 Å². The molecule has 5 heteroatoms. The van der Waals surface area contributed by atoms with Gasteiger partial charge in [0.05, 0.1) is 5.52 Å². The van der Waals surface area contributed by atoms with Crippen molar-refractivity contribution in [2.24, 2.45) is 0 Å². The van der Waals surface area contributed by atoms with Crippen molar-refractivity contribution >= 4 is 28.6 Å². The molecule has 2 rings (SSSR count). The fourth-order valence-electron chi connectivity index (χ4n) is 1.80. The monoisotopic (exact) mass is 290 g/mol. The van der Waals surface area contributed by atoms with Crippen LogP contribution in [-0.2, 0) is 0 Å². The van der Waals surface area contributed by atoms with E-state index in [1.807, 2.05) is 18.2 Å². The summed E-state index contributed by atoms with van der Waals surface area (Å²) in [5.41, 5.74) is 1.01. The lowest BCUT2D eigenvalue weighted by Gasteiger charge is -2.11. The van der Waals surface area contributed by atoms with E-state index in [0.29, 0.717) is 0 Å². The highest BCUT2D eigenvalue weighted by Crippen LogP contribution is 2.26.